The molecule has 126 valence electrons. The first kappa shape index (κ1) is 16.5. The van der Waals surface area contributed by atoms with Crippen LogP contribution in [-0.4, -0.2) is 36.9 Å². The van der Waals surface area contributed by atoms with Crippen molar-refractivity contribution in [2.45, 2.75) is 12.8 Å². The summed E-state index contributed by atoms with van der Waals surface area (Å²) in [5.74, 6) is 0.555. The Morgan fingerprint density at radius 3 is 2.71 bits per heavy atom. The minimum absolute atomic E-state index is 0.0203. The Hall–Kier alpha value is -2.34. The Morgan fingerprint density at radius 2 is 2.04 bits per heavy atom. The van der Waals surface area contributed by atoms with Gasteiger partial charge >= 0.3 is 0 Å². The van der Waals surface area contributed by atoms with Crippen molar-refractivity contribution in [3.05, 3.63) is 46.7 Å². The predicted octanol–water partition coefficient (Wildman–Crippen LogP) is 3.25. The minimum Gasteiger partial charge on any atom is -0.497 e. The third-order valence-corrected chi connectivity index (χ3v) is 5.03. The quantitative estimate of drug-likeness (QED) is 0.926. The predicted molar refractivity (Wildman–Crippen MR) is 94.6 cm³/mol. The van der Waals surface area contributed by atoms with Gasteiger partial charge in [-0.3, -0.25) is 9.59 Å². The highest BCUT2D eigenvalue weighted by Gasteiger charge is 2.29. The van der Waals surface area contributed by atoms with E-state index in [1.165, 1.54) is 11.3 Å². The molecule has 0 aliphatic carbocycles. The first-order valence-electron chi connectivity index (χ1n) is 7.95. The fourth-order valence-corrected chi connectivity index (χ4v) is 3.54. The van der Waals surface area contributed by atoms with Crippen molar-refractivity contribution in [2.75, 3.05) is 25.5 Å². The van der Waals surface area contributed by atoms with E-state index in [0.29, 0.717) is 13.1 Å². The van der Waals surface area contributed by atoms with Crippen LogP contribution in [0.2, 0.25) is 0 Å². The minimum atomic E-state index is -0.176. The van der Waals surface area contributed by atoms with Gasteiger partial charge in [0.05, 0.1) is 17.9 Å². The molecule has 0 unspecified atom stereocenters. The first-order valence-corrected chi connectivity index (χ1v) is 8.83. The van der Waals surface area contributed by atoms with Crippen molar-refractivity contribution in [3.63, 3.8) is 0 Å². The summed E-state index contributed by atoms with van der Waals surface area (Å²) in [4.78, 5) is 27.5. The van der Waals surface area contributed by atoms with Crippen molar-refractivity contribution in [1.82, 2.24) is 4.90 Å². The van der Waals surface area contributed by atoms with Gasteiger partial charge in [-0.05, 0) is 48.6 Å². The van der Waals surface area contributed by atoms with E-state index in [0.717, 1.165) is 29.2 Å². The molecule has 1 aromatic heterocycles. The fourth-order valence-electron chi connectivity index (χ4n) is 2.85. The van der Waals surface area contributed by atoms with Crippen LogP contribution in [0.15, 0.2) is 41.8 Å². The van der Waals surface area contributed by atoms with E-state index in [4.69, 9.17) is 4.74 Å². The highest BCUT2D eigenvalue weighted by molar-refractivity contribution is 7.12. The third-order valence-electron chi connectivity index (χ3n) is 4.17. The van der Waals surface area contributed by atoms with Crippen LogP contribution in [0.3, 0.4) is 0 Å². The van der Waals surface area contributed by atoms with Crippen LogP contribution in [0.5, 0.6) is 5.75 Å². The Kier molecular flexibility index (Phi) is 5.15. The van der Waals surface area contributed by atoms with Crippen molar-refractivity contribution in [2.24, 2.45) is 5.92 Å². The summed E-state index contributed by atoms with van der Waals surface area (Å²) in [6.07, 6.45) is 1.65. The molecule has 3 rings (SSSR count). The number of methoxy groups -OCH3 is 1. The van der Waals surface area contributed by atoms with Crippen molar-refractivity contribution in [3.8, 4) is 5.75 Å². The topological polar surface area (TPSA) is 58.6 Å². The highest BCUT2D eigenvalue weighted by Crippen LogP contribution is 2.22. The van der Waals surface area contributed by atoms with Crippen LogP contribution in [0.4, 0.5) is 5.69 Å². The fraction of sp³-hybridized carbons (Fsp3) is 0.333. The molecule has 1 saturated heterocycles. The van der Waals surface area contributed by atoms with E-state index < -0.39 is 0 Å². The molecule has 1 aromatic carbocycles. The summed E-state index contributed by atoms with van der Waals surface area (Å²) in [6.45, 7) is 1.18. The second-order valence-electron chi connectivity index (χ2n) is 5.79. The van der Waals surface area contributed by atoms with E-state index in [2.05, 4.69) is 5.32 Å². The molecule has 0 spiro atoms. The number of thiophene rings is 1. The van der Waals surface area contributed by atoms with Crippen LogP contribution in [-0.2, 0) is 4.79 Å². The van der Waals surface area contributed by atoms with E-state index in [-0.39, 0.29) is 17.7 Å². The molecule has 2 aromatic rings. The molecular formula is C18H20N2O3S. The molecule has 6 heteroatoms. The van der Waals surface area contributed by atoms with Gasteiger partial charge in [-0.25, -0.2) is 0 Å². The summed E-state index contributed by atoms with van der Waals surface area (Å²) in [7, 11) is 1.61. The number of ether oxygens (including phenoxy) is 1. The normalized spacial score (nSPS) is 17.4. The molecule has 24 heavy (non-hydrogen) atoms. The average molecular weight is 344 g/mol. The maximum absolute atomic E-state index is 12.5. The molecule has 0 saturated carbocycles. The lowest BCUT2D eigenvalue weighted by molar-refractivity contribution is -0.121. The van der Waals surface area contributed by atoms with Gasteiger partial charge < -0.3 is 15.0 Å². The standard InChI is InChI=1S/C18H20N2O3S/c1-23-15-8-6-14(7-9-15)19-17(21)13-4-2-10-20(12-13)18(22)16-5-3-11-24-16/h3,5-9,11,13H,2,4,10,12H2,1H3,(H,19,21)/t13-/m0/s1. The molecular weight excluding hydrogens is 324 g/mol. The van der Waals surface area contributed by atoms with E-state index in [1.807, 2.05) is 41.8 Å². The molecule has 0 bridgehead atoms. The number of nitrogens with one attached hydrogen (secondary N) is 1. The molecule has 5 nitrogen and oxygen atoms in total. The summed E-state index contributed by atoms with van der Waals surface area (Å²) in [5, 5.41) is 4.82. The lowest BCUT2D eigenvalue weighted by Gasteiger charge is -2.31. The average Bonchev–Trinajstić information content (AvgIpc) is 3.16. The molecule has 1 N–H and O–H groups in total. The SMILES string of the molecule is COc1ccc(NC(=O)[C@H]2CCCN(C(=O)c3cccs3)C2)cc1. The molecule has 0 radical (unpaired) electrons. The van der Waals surface area contributed by atoms with Gasteiger partial charge in [0.1, 0.15) is 5.75 Å². The first-order chi connectivity index (χ1) is 11.7. The smallest absolute Gasteiger partial charge is 0.263 e. The zero-order chi connectivity index (χ0) is 16.9. The summed E-state index contributed by atoms with van der Waals surface area (Å²) >= 11 is 1.44. The number of amides is 2. The number of likely N-dealkylation sites (tertiary alicyclic amines) is 1. The number of rotatable bonds is 4. The molecule has 1 aliphatic heterocycles. The van der Waals surface area contributed by atoms with E-state index in [1.54, 1.807) is 12.0 Å². The van der Waals surface area contributed by atoms with Crippen LogP contribution in [0.25, 0.3) is 0 Å². The van der Waals surface area contributed by atoms with Gasteiger partial charge in [-0.1, -0.05) is 6.07 Å². The zero-order valence-electron chi connectivity index (χ0n) is 13.5. The Morgan fingerprint density at radius 1 is 1.25 bits per heavy atom. The lowest BCUT2D eigenvalue weighted by Crippen LogP contribution is -2.43. The van der Waals surface area contributed by atoms with Gasteiger partial charge in [0.25, 0.3) is 5.91 Å². The number of hydrogen-bond acceptors (Lipinski definition) is 4. The Labute approximate surface area is 145 Å². The van der Waals surface area contributed by atoms with E-state index in [9.17, 15) is 9.59 Å². The monoisotopic (exact) mass is 344 g/mol. The number of carbonyl (C=O) groups is 2. The summed E-state index contributed by atoms with van der Waals surface area (Å²) in [6, 6.07) is 10.9. The van der Waals surface area contributed by atoms with Gasteiger partial charge in [0, 0.05) is 18.8 Å². The van der Waals surface area contributed by atoms with Gasteiger partial charge in [0.15, 0.2) is 0 Å². The van der Waals surface area contributed by atoms with E-state index >= 15 is 0 Å². The maximum Gasteiger partial charge on any atom is 0.263 e. The molecule has 1 atom stereocenters. The Bertz CT molecular complexity index is 698. The molecule has 1 aliphatic rings. The van der Waals surface area contributed by atoms with Gasteiger partial charge in [0.2, 0.25) is 5.91 Å². The molecule has 1 fully saturated rings. The second-order valence-corrected chi connectivity index (χ2v) is 6.73. The largest absolute Gasteiger partial charge is 0.497 e. The number of benzene rings is 1. The number of anilines is 1. The van der Waals surface area contributed by atoms with Gasteiger partial charge in [-0.15, -0.1) is 11.3 Å². The van der Waals surface area contributed by atoms with Gasteiger partial charge in [-0.2, -0.15) is 0 Å². The molecule has 2 heterocycles. The van der Waals surface area contributed by atoms with Crippen LogP contribution >= 0.6 is 11.3 Å². The van der Waals surface area contributed by atoms with Crippen molar-refractivity contribution >= 4 is 28.8 Å². The number of piperidine rings is 1. The molecule has 2 amide bonds. The maximum atomic E-state index is 12.5. The van der Waals surface area contributed by atoms with Crippen molar-refractivity contribution in [1.29, 1.82) is 0 Å². The van der Waals surface area contributed by atoms with Crippen LogP contribution in [0, 0.1) is 5.92 Å². The highest BCUT2D eigenvalue weighted by atomic mass is 32.1. The Balaban J connectivity index is 1.61. The number of hydrogen-bond donors (Lipinski definition) is 1. The summed E-state index contributed by atoms with van der Waals surface area (Å²) < 4.78 is 5.11. The summed E-state index contributed by atoms with van der Waals surface area (Å²) in [5.41, 5.74) is 0.738. The van der Waals surface area contributed by atoms with Crippen molar-refractivity contribution < 1.29 is 14.3 Å². The third kappa shape index (κ3) is 3.76. The number of nitrogens with zero attached hydrogens (tertiary/aromatic N) is 1. The van der Waals surface area contributed by atoms with Crippen LogP contribution < -0.4 is 10.1 Å². The second kappa shape index (κ2) is 7.49. The lowest BCUT2D eigenvalue weighted by atomic mass is 9.97. The zero-order valence-corrected chi connectivity index (χ0v) is 14.3. The van der Waals surface area contributed by atoms with Crippen LogP contribution in [0.1, 0.15) is 22.5 Å². The number of carbonyl (C=O) groups excluding carboxylic acids is 2.